The van der Waals surface area contributed by atoms with Crippen molar-refractivity contribution in [2.45, 2.75) is 39.7 Å². The molecule has 1 aliphatic rings. The van der Waals surface area contributed by atoms with Crippen LogP contribution in [0.3, 0.4) is 0 Å². The van der Waals surface area contributed by atoms with Gasteiger partial charge in [-0.25, -0.2) is 4.39 Å². The summed E-state index contributed by atoms with van der Waals surface area (Å²) < 4.78 is 13.2. The first-order chi connectivity index (χ1) is 9.99. The molecule has 0 aromatic heterocycles. The monoisotopic (exact) mass is 292 g/mol. The summed E-state index contributed by atoms with van der Waals surface area (Å²) in [5.41, 5.74) is 1.31. The molecule has 21 heavy (non-hydrogen) atoms. The molecule has 1 aromatic rings. The van der Waals surface area contributed by atoms with E-state index < -0.39 is 0 Å². The Hall–Kier alpha value is -1.42. The van der Waals surface area contributed by atoms with Gasteiger partial charge < -0.3 is 10.2 Å². The van der Waals surface area contributed by atoms with Crippen LogP contribution in [0.5, 0.6) is 0 Å². The number of nitrogens with zero attached hydrogens (tertiary/aromatic N) is 1. The molecular formula is C17H25FN2O. The van der Waals surface area contributed by atoms with Gasteiger partial charge in [-0.3, -0.25) is 4.79 Å². The summed E-state index contributed by atoms with van der Waals surface area (Å²) in [4.78, 5) is 14.7. The fourth-order valence-corrected chi connectivity index (χ4v) is 2.91. The number of halogens is 1. The highest BCUT2D eigenvalue weighted by Crippen LogP contribution is 2.18. The molecule has 0 saturated carbocycles. The van der Waals surface area contributed by atoms with Gasteiger partial charge in [-0.05, 0) is 76.4 Å². The van der Waals surface area contributed by atoms with Gasteiger partial charge >= 0.3 is 0 Å². The molecule has 4 heteroatoms. The van der Waals surface area contributed by atoms with Crippen LogP contribution in [-0.2, 0) is 0 Å². The summed E-state index contributed by atoms with van der Waals surface area (Å²) in [6.07, 6.45) is 2.33. The van der Waals surface area contributed by atoms with Gasteiger partial charge in [0, 0.05) is 18.2 Å². The SMILES string of the molecule is Cc1cc(F)ccc1C(=O)N(CC1CCCNC1)C(C)C. The predicted octanol–water partition coefficient (Wildman–Crippen LogP) is 2.98. The van der Waals surface area contributed by atoms with E-state index in [9.17, 15) is 9.18 Å². The van der Waals surface area contributed by atoms with E-state index >= 15 is 0 Å². The van der Waals surface area contributed by atoms with Gasteiger partial charge in [0.15, 0.2) is 0 Å². The average Bonchev–Trinajstić information content (AvgIpc) is 2.45. The molecule has 1 N–H and O–H groups in total. The quantitative estimate of drug-likeness (QED) is 0.925. The van der Waals surface area contributed by atoms with Crippen LogP contribution in [0, 0.1) is 18.7 Å². The molecule has 0 bridgehead atoms. The lowest BCUT2D eigenvalue weighted by atomic mass is 9.97. The summed E-state index contributed by atoms with van der Waals surface area (Å²) in [6.45, 7) is 8.67. The summed E-state index contributed by atoms with van der Waals surface area (Å²) in [6, 6.07) is 4.53. The van der Waals surface area contributed by atoms with Crippen molar-refractivity contribution in [3.8, 4) is 0 Å². The number of rotatable bonds is 4. The second-order valence-electron chi connectivity index (χ2n) is 6.22. The number of benzene rings is 1. The van der Waals surface area contributed by atoms with E-state index in [4.69, 9.17) is 0 Å². The van der Waals surface area contributed by atoms with Crippen molar-refractivity contribution in [2.75, 3.05) is 19.6 Å². The average molecular weight is 292 g/mol. The zero-order valence-electron chi connectivity index (χ0n) is 13.2. The summed E-state index contributed by atoms with van der Waals surface area (Å²) in [5, 5.41) is 3.39. The molecule has 0 spiro atoms. The largest absolute Gasteiger partial charge is 0.336 e. The first-order valence-electron chi connectivity index (χ1n) is 7.77. The van der Waals surface area contributed by atoms with Crippen LogP contribution in [0.1, 0.15) is 42.6 Å². The van der Waals surface area contributed by atoms with E-state index in [0.717, 1.165) is 26.1 Å². The van der Waals surface area contributed by atoms with Crippen LogP contribution in [0.15, 0.2) is 18.2 Å². The lowest BCUT2D eigenvalue weighted by Crippen LogP contribution is -2.44. The Bertz CT molecular complexity index is 496. The number of carbonyl (C=O) groups is 1. The van der Waals surface area contributed by atoms with Crippen LogP contribution in [-0.4, -0.2) is 36.5 Å². The topological polar surface area (TPSA) is 32.3 Å². The van der Waals surface area contributed by atoms with E-state index in [1.54, 1.807) is 13.0 Å². The van der Waals surface area contributed by atoms with E-state index in [-0.39, 0.29) is 17.8 Å². The smallest absolute Gasteiger partial charge is 0.254 e. The third-order valence-corrected chi connectivity index (χ3v) is 4.16. The molecule has 1 heterocycles. The Kier molecular flexibility index (Phi) is 5.34. The molecule has 2 rings (SSSR count). The maximum atomic E-state index is 13.2. The van der Waals surface area contributed by atoms with Crippen LogP contribution in [0.2, 0.25) is 0 Å². The Morgan fingerprint density at radius 2 is 2.24 bits per heavy atom. The van der Waals surface area contributed by atoms with Crippen LogP contribution in [0.4, 0.5) is 4.39 Å². The van der Waals surface area contributed by atoms with E-state index in [1.165, 1.54) is 18.6 Å². The number of hydrogen-bond donors (Lipinski definition) is 1. The van der Waals surface area contributed by atoms with Crippen LogP contribution < -0.4 is 5.32 Å². The van der Waals surface area contributed by atoms with Gasteiger partial charge in [-0.2, -0.15) is 0 Å². The van der Waals surface area contributed by atoms with Crippen molar-refractivity contribution in [1.82, 2.24) is 10.2 Å². The zero-order chi connectivity index (χ0) is 15.4. The standard InChI is InChI=1S/C17H25FN2O/c1-12(2)20(11-14-5-4-8-19-10-14)17(21)16-7-6-15(18)9-13(16)3/h6-7,9,12,14,19H,4-5,8,10-11H2,1-3H3. The minimum absolute atomic E-state index is 0.00748. The van der Waals surface area contributed by atoms with Crippen molar-refractivity contribution in [2.24, 2.45) is 5.92 Å². The highest BCUT2D eigenvalue weighted by Gasteiger charge is 2.24. The fourth-order valence-electron chi connectivity index (χ4n) is 2.91. The molecule has 1 amide bonds. The summed E-state index contributed by atoms with van der Waals surface area (Å²) in [7, 11) is 0. The molecule has 0 aliphatic carbocycles. The van der Waals surface area contributed by atoms with Crippen molar-refractivity contribution in [3.05, 3.63) is 35.1 Å². The maximum absolute atomic E-state index is 13.2. The number of carbonyl (C=O) groups excluding carboxylic acids is 1. The van der Waals surface area contributed by atoms with E-state index in [1.807, 2.05) is 18.7 Å². The van der Waals surface area contributed by atoms with Crippen molar-refractivity contribution in [1.29, 1.82) is 0 Å². The normalized spacial score (nSPS) is 18.8. The molecule has 1 atom stereocenters. The zero-order valence-corrected chi connectivity index (χ0v) is 13.2. The van der Waals surface area contributed by atoms with Crippen molar-refractivity contribution >= 4 is 5.91 Å². The minimum atomic E-state index is -0.295. The maximum Gasteiger partial charge on any atom is 0.254 e. The minimum Gasteiger partial charge on any atom is -0.336 e. The predicted molar refractivity (Wildman–Crippen MR) is 82.9 cm³/mol. The summed E-state index contributed by atoms with van der Waals surface area (Å²) in [5.74, 6) is 0.218. The van der Waals surface area contributed by atoms with Gasteiger partial charge in [0.1, 0.15) is 5.82 Å². The Balaban J connectivity index is 2.14. The third-order valence-electron chi connectivity index (χ3n) is 4.16. The first-order valence-corrected chi connectivity index (χ1v) is 7.77. The van der Waals surface area contributed by atoms with E-state index in [2.05, 4.69) is 5.32 Å². The molecule has 1 fully saturated rings. The lowest BCUT2D eigenvalue weighted by Gasteiger charge is -2.33. The Morgan fingerprint density at radius 3 is 2.81 bits per heavy atom. The highest BCUT2D eigenvalue weighted by molar-refractivity contribution is 5.95. The van der Waals surface area contributed by atoms with Gasteiger partial charge in [0.2, 0.25) is 0 Å². The number of nitrogens with one attached hydrogen (secondary N) is 1. The van der Waals surface area contributed by atoms with Crippen molar-refractivity contribution in [3.63, 3.8) is 0 Å². The highest BCUT2D eigenvalue weighted by atomic mass is 19.1. The molecule has 116 valence electrons. The molecule has 1 aromatic carbocycles. The number of aryl methyl sites for hydroxylation is 1. The number of hydrogen-bond acceptors (Lipinski definition) is 2. The molecule has 1 saturated heterocycles. The van der Waals surface area contributed by atoms with Crippen LogP contribution >= 0.6 is 0 Å². The number of amides is 1. The lowest BCUT2D eigenvalue weighted by molar-refractivity contribution is 0.0660. The van der Waals surface area contributed by atoms with Gasteiger partial charge in [0.25, 0.3) is 5.91 Å². The molecule has 3 nitrogen and oxygen atoms in total. The van der Waals surface area contributed by atoms with E-state index in [0.29, 0.717) is 17.0 Å². The molecule has 1 unspecified atom stereocenters. The van der Waals surface area contributed by atoms with Gasteiger partial charge in [-0.15, -0.1) is 0 Å². The Labute approximate surface area is 126 Å². The van der Waals surface area contributed by atoms with Gasteiger partial charge in [0.05, 0.1) is 0 Å². The summed E-state index contributed by atoms with van der Waals surface area (Å²) >= 11 is 0. The number of piperidine rings is 1. The Morgan fingerprint density at radius 1 is 1.48 bits per heavy atom. The first kappa shape index (κ1) is 16.0. The molecular weight excluding hydrogens is 267 g/mol. The fraction of sp³-hybridized carbons (Fsp3) is 0.588. The van der Waals surface area contributed by atoms with Crippen molar-refractivity contribution < 1.29 is 9.18 Å². The second-order valence-corrected chi connectivity index (χ2v) is 6.22. The third kappa shape index (κ3) is 4.03. The second kappa shape index (κ2) is 7.03. The molecule has 1 aliphatic heterocycles. The molecule has 0 radical (unpaired) electrons. The van der Waals surface area contributed by atoms with Gasteiger partial charge in [-0.1, -0.05) is 0 Å². The van der Waals surface area contributed by atoms with Crippen LogP contribution in [0.25, 0.3) is 0 Å².